The number of amides is 1. The molecule has 2 aromatic carbocycles. The maximum Gasteiger partial charge on any atom is 0.253 e. The molecule has 0 aliphatic heterocycles. The molecule has 0 bridgehead atoms. The van der Waals surface area contributed by atoms with Crippen molar-refractivity contribution in [1.29, 1.82) is 0 Å². The number of rotatable bonds is 5. The van der Waals surface area contributed by atoms with E-state index in [4.69, 9.17) is 11.6 Å². The number of guanidine groups is 1. The standard InChI is InChI=1S/C21H24ClFN4O/c1-24-21(25-12-13-7-9-14(10-8-13)20(28)27(2)3)26-18-11-15(18)19-16(22)5-4-6-17(19)23/h4-10,15,18H,11-12H2,1-3H3,(H2,24,25,26). The maximum atomic E-state index is 14.1. The fourth-order valence-electron chi connectivity index (χ4n) is 3.12. The molecule has 1 saturated carbocycles. The summed E-state index contributed by atoms with van der Waals surface area (Å²) in [6.45, 7) is 0.563. The highest BCUT2D eigenvalue weighted by molar-refractivity contribution is 6.31. The summed E-state index contributed by atoms with van der Waals surface area (Å²) < 4.78 is 14.1. The molecule has 2 atom stereocenters. The van der Waals surface area contributed by atoms with E-state index in [1.54, 1.807) is 38.2 Å². The van der Waals surface area contributed by atoms with Gasteiger partial charge in [-0.15, -0.1) is 0 Å². The fraction of sp³-hybridized carbons (Fsp3) is 0.333. The van der Waals surface area contributed by atoms with E-state index in [1.807, 2.05) is 24.3 Å². The predicted octanol–water partition coefficient (Wildman–Crippen LogP) is 3.40. The summed E-state index contributed by atoms with van der Waals surface area (Å²) in [6, 6.07) is 12.3. The zero-order valence-corrected chi connectivity index (χ0v) is 16.9. The van der Waals surface area contributed by atoms with Crippen LogP contribution in [-0.2, 0) is 6.54 Å². The number of benzene rings is 2. The van der Waals surface area contributed by atoms with Crippen LogP contribution in [0.15, 0.2) is 47.5 Å². The molecule has 0 radical (unpaired) electrons. The van der Waals surface area contributed by atoms with Crippen LogP contribution in [0.25, 0.3) is 0 Å². The average Bonchev–Trinajstić information content (AvgIpc) is 3.43. The molecule has 1 aliphatic carbocycles. The van der Waals surface area contributed by atoms with E-state index >= 15 is 0 Å². The molecule has 7 heteroatoms. The first-order chi connectivity index (χ1) is 13.4. The third-order valence-electron chi connectivity index (χ3n) is 4.77. The predicted molar refractivity (Wildman–Crippen MR) is 110 cm³/mol. The molecule has 5 nitrogen and oxygen atoms in total. The van der Waals surface area contributed by atoms with Crippen molar-refractivity contribution in [2.24, 2.45) is 4.99 Å². The van der Waals surface area contributed by atoms with Crippen LogP contribution in [0.2, 0.25) is 5.02 Å². The molecular formula is C21H24ClFN4O. The molecule has 1 fully saturated rings. The van der Waals surface area contributed by atoms with Crippen LogP contribution in [0, 0.1) is 5.82 Å². The quantitative estimate of drug-likeness (QED) is 0.595. The molecule has 1 amide bonds. The van der Waals surface area contributed by atoms with Gasteiger partial charge in [0.05, 0.1) is 0 Å². The van der Waals surface area contributed by atoms with Crippen LogP contribution in [0.1, 0.15) is 33.8 Å². The topological polar surface area (TPSA) is 56.7 Å². The Labute approximate surface area is 169 Å². The fourth-order valence-corrected chi connectivity index (χ4v) is 3.42. The van der Waals surface area contributed by atoms with E-state index in [-0.39, 0.29) is 23.7 Å². The van der Waals surface area contributed by atoms with Gasteiger partial charge in [0.15, 0.2) is 5.96 Å². The maximum absolute atomic E-state index is 14.1. The lowest BCUT2D eigenvalue weighted by Gasteiger charge is -2.13. The molecule has 0 spiro atoms. The molecule has 148 valence electrons. The zero-order chi connectivity index (χ0) is 20.3. The molecule has 0 saturated heterocycles. The van der Waals surface area contributed by atoms with Crippen LogP contribution >= 0.6 is 11.6 Å². The van der Waals surface area contributed by atoms with Crippen molar-refractivity contribution in [2.75, 3.05) is 21.1 Å². The van der Waals surface area contributed by atoms with E-state index in [9.17, 15) is 9.18 Å². The van der Waals surface area contributed by atoms with Gasteiger partial charge >= 0.3 is 0 Å². The molecule has 2 N–H and O–H groups in total. The van der Waals surface area contributed by atoms with Gasteiger partial charge in [0.25, 0.3) is 5.91 Å². The monoisotopic (exact) mass is 402 g/mol. The second-order valence-corrected chi connectivity index (χ2v) is 7.46. The Morgan fingerprint density at radius 2 is 1.96 bits per heavy atom. The lowest BCUT2D eigenvalue weighted by Crippen LogP contribution is -2.38. The molecule has 2 aromatic rings. The number of carbonyl (C=O) groups is 1. The van der Waals surface area contributed by atoms with Crippen LogP contribution in [0.5, 0.6) is 0 Å². The lowest BCUT2D eigenvalue weighted by molar-refractivity contribution is 0.0827. The Kier molecular flexibility index (Phi) is 6.19. The highest BCUT2D eigenvalue weighted by Crippen LogP contribution is 2.44. The van der Waals surface area contributed by atoms with Crippen molar-refractivity contribution >= 4 is 23.5 Å². The second kappa shape index (κ2) is 8.61. The summed E-state index contributed by atoms with van der Waals surface area (Å²) in [7, 11) is 5.15. The number of halogens is 2. The van der Waals surface area contributed by atoms with Gasteiger partial charge in [-0.3, -0.25) is 9.79 Å². The van der Waals surface area contributed by atoms with E-state index in [1.165, 1.54) is 6.07 Å². The van der Waals surface area contributed by atoms with Crippen molar-refractivity contribution in [3.05, 3.63) is 70.0 Å². The largest absolute Gasteiger partial charge is 0.353 e. The summed E-state index contributed by atoms with van der Waals surface area (Å²) in [5.74, 6) is 0.401. The second-order valence-electron chi connectivity index (χ2n) is 7.05. The first-order valence-corrected chi connectivity index (χ1v) is 9.50. The molecule has 28 heavy (non-hydrogen) atoms. The Morgan fingerprint density at radius 3 is 2.57 bits per heavy atom. The minimum atomic E-state index is -0.267. The average molecular weight is 403 g/mol. The summed E-state index contributed by atoms with van der Waals surface area (Å²) >= 11 is 6.16. The third-order valence-corrected chi connectivity index (χ3v) is 5.10. The Balaban J connectivity index is 1.54. The van der Waals surface area contributed by atoms with Gasteiger partial charge in [-0.05, 0) is 36.2 Å². The first-order valence-electron chi connectivity index (χ1n) is 9.12. The number of nitrogens with one attached hydrogen (secondary N) is 2. The van der Waals surface area contributed by atoms with Crippen LogP contribution < -0.4 is 10.6 Å². The van der Waals surface area contributed by atoms with Crippen molar-refractivity contribution in [3.8, 4) is 0 Å². The third kappa shape index (κ3) is 4.62. The molecule has 0 heterocycles. The van der Waals surface area contributed by atoms with E-state index in [2.05, 4.69) is 15.6 Å². The number of aliphatic imine (C=N–C) groups is 1. The smallest absolute Gasteiger partial charge is 0.253 e. The number of nitrogens with zero attached hydrogens (tertiary/aromatic N) is 2. The lowest BCUT2D eigenvalue weighted by atomic mass is 10.1. The SMILES string of the molecule is CN=C(NCc1ccc(C(=O)N(C)C)cc1)NC1CC1c1c(F)cccc1Cl. The van der Waals surface area contributed by atoms with Gasteiger partial charge in [-0.2, -0.15) is 0 Å². The molecule has 0 aromatic heterocycles. The van der Waals surface area contributed by atoms with Gasteiger partial charge in [-0.1, -0.05) is 29.8 Å². The summed E-state index contributed by atoms with van der Waals surface area (Å²) in [6.07, 6.45) is 0.808. The highest BCUT2D eigenvalue weighted by Gasteiger charge is 2.41. The van der Waals surface area contributed by atoms with Crippen molar-refractivity contribution in [3.63, 3.8) is 0 Å². The van der Waals surface area contributed by atoms with Crippen LogP contribution in [0.3, 0.4) is 0 Å². The van der Waals surface area contributed by atoms with Gasteiger partial charge in [0.2, 0.25) is 0 Å². The summed E-state index contributed by atoms with van der Waals surface area (Å²) in [5, 5.41) is 7.02. The van der Waals surface area contributed by atoms with Crippen molar-refractivity contribution in [1.82, 2.24) is 15.5 Å². The first kappa shape index (κ1) is 20.1. The van der Waals surface area contributed by atoms with E-state index in [0.717, 1.165) is 12.0 Å². The minimum Gasteiger partial charge on any atom is -0.353 e. The Morgan fingerprint density at radius 1 is 1.25 bits per heavy atom. The van der Waals surface area contributed by atoms with Gasteiger partial charge in [-0.25, -0.2) is 4.39 Å². The van der Waals surface area contributed by atoms with Gasteiger partial charge in [0.1, 0.15) is 5.82 Å². The number of hydrogen-bond acceptors (Lipinski definition) is 2. The van der Waals surface area contributed by atoms with Crippen LogP contribution in [-0.4, -0.2) is 44.0 Å². The molecule has 1 aliphatic rings. The highest BCUT2D eigenvalue weighted by atomic mass is 35.5. The normalized spacial score (nSPS) is 18.5. The van der Waals surface area contributed by atoms with Crippen molar-refractivity contribution < 1.29 is 9.18 Å². The van der Waals surface area contributed by atoms with Gasteiger partial charge < -0.3 is 15.5 Å². The zero-order valence-electron chi connectivity index (χ0n) is 16.2. The van der Waals surface area contributed by atoms with Crippen LogP contribution in [0.4, 0.5) is 4.39 Å². The molecule has 3 rings (SSSR count). The Bertz CT molecular complexity index is 862. The molecular weight excluding hydrogens is 379 g/mol. The minimum absolute atomic E-state index is 0.0245. The number of carbonyl (C=O) groups excluding carboxylic acids is 1. The van der Waals surface area contributed by atoms with Crippen molar-refractivity contribution in [2.45, 2.75) is 24.9 Å². The van der Waals surface area contributed by atoms with E-state index < -0.39 is 0 Å². The summed E-state index contributed by atoms with van der Waals surface area (Å²) in [4.78, 5) is 17.7. The van der Waals surface area contributed by atoms with Gasteiger partial charge in [0, 0.05) is 55.8 Å². The molecule has 2 unspecified atom stereocenters. The summed E-state index contributed by atoms with van der Waals surface area (Å²) in [5.41, 5.74) is 2.25. The van der Waals surface area contributed by atoms with E-state index in [0.29, 0.717) is 28.7 Å². The Hall–Kier alpha value is -2.60. The number of hydrogen-bond donors (Lipinski definition) is 2.